The van der Waals surface area contributed by atoms with Gasteiger partial charge in [-0.3, -0.25) is 0 Å². The highest BCUT2D eigenvalue weighted by molar-refractivity contribution is 5.45. The topological polar surface area (TPSA) is 20.2 Å². The Bertz CT molecular complexity index is 419. The van der Waals surface area contributed by atoms with Crippen LogP contribution in [0.1, 0.15) is 62.6 Å². The Morgan fingerprint density at radius 3 is 2.35 bits per heavy atom. The molecule has 1 N–H and O–H groups in total. The summed E-state index contributed by atoms with van der Waals surface area (Å²) in [6.07, 6.45) is 0.545. The van der Waals surface area contributed by atoms with E-state index >= 15 is 0 Å². The lowest BCUT2D eigenvalue weighted by Crippen LogP contribution is -1.97. The van der Waals surface area contributed by atoms with Crippen molar-refractivity contribution in [3.05, 3.63) is 34.9 Å². The minimum Gasteiger partial charge on any atom is -0.395 e. The van der Waals surface area contributed by atoms with E-state index < -0.39 is 0 Å². The highest BCUT2D eigenvalue weighted by Gasteiger charge is 2.08. The van der Waals surface area contributed by atoms with Crippen LogP contribution in [0, 0.1) is 11.8 Å². The zero-order valence-electron chi connectivity index (χ0n) is 11.2. The molecule has 17 heavy (non-hydrogen) atoms. The minimum absolute atomic E-state index is 0.133. The van der Waals surface area contributed by atoms with Gasteiger partial charge in [0.1, 0.15) is 0 Å². The van der Waals surface area contributed by atoms with Gasteiger partial charge >= 0.3 is 0 Å². The molecule has 0 spiro atoms. The summed E-state index contributed by atoms with van der Waals surface area (Å²) >= 11 is 0. The van der Waals surface area contributed by atoms with Gasteiger partial charge in [-0.15, -0.1) is 0 Å². The molecule has 0 fully saturated rings. The maximum atomic E-state index is 8.74. The van der Waals surface area contributed by atoms with E-state index in [-0.39, 0.29) is 6.61 Å². The van der Waals surface area contributed by atoms with Crippen molar-refractivity contribution in [2.45, 2.75) is 46.0 Å². The third-order valence-electron chi connectivity index (χ3n) is 2.82. The van der Waals surface area contributed by atoms with E-state index in [0.717, 1.165) is 5.56 Å². The standard InChI is InChI=1S/C16H22O/c1-12(2)15-9-8-14(7-5-6-10-17)16(11-15)13(3)4/h8-9,11-13,17H,6,10H2,1-4H3. The molecule has 0 unspecified atom stereocenters. The zero-order chi connectivity index (χ0) is 12.8. The largest absolute Gasteiger partial charge is 0.395 e. The van der Waals surface area contributed by atoms with Gasteiger partial charge < -0.3 is 5.11 Å². The van der Waals surface area contributed by atoms with Gasteiger partial charge in [-0.05, 0) is 29.0 Å². The molecule has 0 aromatic heterocycles. The number of rotatable bonds is 3. The summed E-state index contributed by atoms with van der Waals surface area (Å²) in [7, 11) is 0. The molecule has 0 amide bonds. The second kappa shape index (κ2) is 6.47. The van der Waals surface area contributed by atoms with Crippen LogP contribution in [-0.2, 0) is 0 Å². The monoisotopic (exact) mass is 230 g/mol. The predicted octanol–water partition coefficient (Wildman–Crippen LogP) is 3.67. The van der Waals surface area contributed by atoms with Crippen LogP contribution in [0.25, 0.3) is 0 Å². The van der Waals surface area contributed by atoms with Gasteiger partial charge in [-0.2, -0.15) is 0 Å². The Hall–Kier alpha value is -1.26. The molecule has 1 heteroatoms. The lowest BCUT2D eigenvalue weighted by molar-refractivity contribution is 0.305. The fourth-order valence-electron chi connectivity index (χ4n) is 1.75. The first kappa shape index (κ1) is 13.8. The van der Waals surface area contributed by atoms with Gasteiger partial charge in [-0.1, -0.05) is 51.7 Å². The SMILES string of the molecule is CC(C)c1ccc(C#CCCO)c(C(C)C)c1. The highest BCUT2D eigenvalue weighted by Crippen LogP contribution is 2.24. The van der Waals surface area contributed by atoms with E-state index in [1.807, 2.05) is 0 Å². The third kappa shape index (κ3) is 3.91. The summed E-state index contributed by atoms with van der Waals surface area (Å²) in [5, 5.41) is 8.74. The molecule has 0 saturated heterocycles. The van der Waals surface area contributed by atoms with E-state index in [0.29, 0.717) is 18.3 Å². The molecule has 1 aromatic carbocycles. The molecule has 92 valence electrons. The smallest absolute Gasteiger partial charge is 0.0540 e. The molecule has 1 rings (SSSR count). The average molecular weight is 230 g/mol. The Labute approximate surface area is 105 Å². The molecule has 0 atom stereocenters. The van der Waals surface area contributed by atoms with E-state index in [4.69, 9.17) is 5.11 Å². The van der Waals surface area contributed by atoms with Crippen molar-refractivity contribution in [2.24, 2.45) is 0 Å². The van der Waals surface area contributed by atoms with Gasteiger partial charge in [0.15, 0.2) is 0 Å². The quantitative estimate of drug-likeness (QED) is 0.786. The van der Waals surface area contributed by atoms with Crippen molar-refractivity contribution in [1.82, 2.24) is 0 Å². The fourth-order valence-corrected chi connectivity index (χ4v) is 1.75. The molecule has 0 aliphatic carbocycles. The maximum absolute atomic E-state index is 8.74. The second-order valence-electron chi connectivity index (χ2n) is 4.93. The normalized spacial score (nSPS) is 10.5. The Morgan fingerprint density at radius 1 is 1.12 bits per heavy atom. The van der Waals surface area contributed by atoms with E-state index in [9.17, 15) is 0 Å². The van der Waals surface area contributed by atoms with Crippen LogP contribution in [0.15, 0.2) is 18.2 Å². The molecule has 0 aliphatic heterocycles. The third-order valence-corrected chi connectivity index (χ3v) is 2.82. The molecule has 0 bridgehead atoms. The summed E-state index contributed by atoms with van der Waals surface area (Å²) in [6.45, 7) is 8.93. The van der Waals surface area contributed by atoms with Crippen molar-refractivity contribution in [3.63, 3.8) is 0 Å². The predicted molar refractivity (Wildman–Crippen MR) is 73.2 cm³/mol. The van der Waals surface area contributed by atoms with Crippen molar-refractivity contribution >= 4 is 0 Å². The molecule has 1 aromatic rings. The van der Waals surface area contributed by atoms with Crippen LogP contribution in [0.2, 0.25) is 0 Å². The van der Waals surface area contributed by atoms with Crippen LogP contribution < -0.4 is 0 Å². The lowest BCUT2D eigenvalue weighted by atomic mass is 9.92. The van der Waals surface area contributed by atoms with Crippen molar-refractivity contribution in [1.29, 1.82) is 0 Å². The Balaban J connectivity index is 3.10. The van der Waals surface area contributed by atoms with Crippen molar-refractivity contribution in [2.75, 3.05) is 6.61 Å². The van der Waals surface area contributed by atoms with Gasteiger partial charge in [0.05, 0.1) is 6.61 Å². The number of benzene rings is 1. The van der Waals surface area contributed by atoms with E-state index in [2.05, 4.69) is 57.7 Å². The molecule has 0 heterocycles. The van der Waals surface area contributed by atoms with Crippen molar-refractivity contribution < 1.29 is 5.11 Å². The van der Waals surface area contributed by atoms with Crippen LogP contribution in [0.5, 0.6) is 0 Å². The Morgan fingerprint density at radius 2 is 1.82 bits per heavy atom. The summed E-state index contributed by atoms with van der Waals surface area (Å²) < 4.78 is 0. The summed E-state index contributed by atoms with van der Waals surface area (Å²) in [5.74, 6) is 7.17. The zero-order valence-corrected chi connectivity index (χ0v) is 11.2. The lowest BCUT2D eigenvalue weighted by Gasteiger charge is -2.13. The van der Waals surface area contributed by atoms with Crippen LogP contribution in [0.3, 0.4) is 0 Å². The van der Waals surface area contributed by atoms with Gasteiger partial charge in [0.2, 0.25) is 0 Å². The van der Waals surface area contributed by atoms with Crippen LogP contribution >= 0.6 is 0 Å². The summed E-state index contributed by atoms with van der Waals surface area (Å²) in [5.41, 5.74) is 3.76. The molecule has 1 nitrogen and oxygen atoms in total. The van der Waals surface area contributed by atoms with Gasteiger partial charge in [0.25, 0.3) is 0 Å². The fraction of sp³-hybridized carbons (Fsp3) is 0.500. The van der Waals surface area contributed by atoms with Crippen LogP contribution in [-0.4, -0.2) is 11.7 Å². The summed E-state index contributed by atoms with van der Waals surface area (Å²) in [4.78, 5) is 0. The molecule has 0 radical (unpaired) electrons. The van der Waals surface area contributed by atoms with Gasteiger partial charge in [0, 0.05) is 12.0 Å². The average Bonchev–Trinajstić information content (AvgIpc) is 2.29. The number of aliphatic hydroxyl groups is 1. The molecule has 0 saturated carbocycles. The molecular formula is C16H22O. The van der Waals surface area contributed by atoms with Crippen LogP contribution in [0.4, 0.5) is 0 Å². The summed E-state index contributed by atoms with van der Waals surface area (Å²) in [6, 6.07) is 6.52. The highest BCUT2D eigenvalue weighted by atomic mass is 16.2. The van der Waals surface area contributed by atoms with Crippen molar-refractivity contribution in [3.8, 4) is 11.8 Å². The Kier molecular flexibility index (Phi) is 5.25. The molecule has 0 aliphatic rings. The number of hydrogen-bond donors (Lipinski definition) is 1. The molecular weight excluding hydrogens is 208 g/mol. The van der Waals surface area contributed by atoms with Gasteiger partial charge in [-0.25, -0.2) is 0 Å². The maximum Gasteiger partial charge on any atom is 0.0540 e. The van der Waals surface area contributed by atoms with E-state index in [1.54, 1.807) is 0 Å². The minimum atomic E-state index is 0.133. The second-order valence-corrected chi connectivity index (χ2v) is 4.93. The first-order chi connectivity index (χ1) is 8.06. The first-order valence-corrected chi connectivity index (χ1v) is 6.29. The number of aliphatic hydroxyl groups excluding tert-OH is 1. The first-order valence-electron chi connectivity index (χ1n) is 6.29. The number of hydrogen-bond acceptors (Lipinski definition) is 1. The van der Waals surface area contributed by atoms with E-state index in [1.165, 1.54) is 11.1 Å².